The zero-order valence-electron chi connectivity index (χ0n) is 24.0. The number of anilines is 2. The second-order valence-electron chi connectivity index (χ2n) is 11.1. The van der Waals surface area contributed by atoms with Crippen molar-refractivity contribution in [3.63, 3.8) is 0 Å². The van der Waals surface area contributed by atoms with Crippen LogP contribution in [0.5, 0.6) is 0 Å². The molecule has 1 aliphatic rings. The van der Waals surface area contributed by atoms with Gasteiger partial charge in [-0.05, 0) is 49.9 Å². The molecule has 4 amide bonds. The molecule has 0 bridgehead atoms. The Hall–Kier alpha value is -4.41. The summed E-state index contributed by atoms with van der Waals surface area (Å²) in [5.74, 6) is -2.93. The Morgan fingerprint density at radius 1 is 1.07 bits per heavy atom. The van der Waals surface area contributed by atoms with E-state index in [-0.39, 0.29) is 24.7 Å². The van der Waals surface area contributed by atoms with Gasteiger partial charge in [-0.1, -0.05) is 56.7 Å². The Morgan fingerprint density at radius 2 is 1.76 bits per heavy atom. The lowest BCUT2D eigenvalue weighted by Gasteiger charge is -2.26. The first-order valence-electron chi connectivity index (χ1n) is 13.6. The first-order chi connectivity index (χ1) is 19.3. The lowest BCUT2D eigenvalue weighted by molar-refractivity contribution is -0.139. The maximum Gasteiger partial charge on any atom is 0.412 e. The molecule has 0 saturated carbocycles. The quantitative estimate of drug-likeness (QED) is 0.344. The van der Waals surface area contributed by atoms with E-state index in [0.29, 0.717) is 23.4 Å². The van der Waals surface area contributed by atoms with E-state index in [4.69, 9.17) is 4.74 Å². The summed E-state index contributed by atoms with van der Waals surface area (Å²) in [5.41, 5.74) is 1.33. The Labute approximate surface area is 239 Å². The molecule has 220 valence electrons. The number of hydrogen-bond donors (Lipinski definition) is 4. The second kappa shape index (κ2) is 13.3. The maximum atomic E-state index is 13.3. The molecule has 11 heteroatoms. The Kier molecular flexibility index (Phi) is 10.1. The van der Waals surface area contributed by atoms with Crippen molar-refractivity contribution in [2.45, 2.75) is 71.6 Å². The van der Waals surface area contributed by atoms with Gasteiger partial charge in [0.25, 0.3) is 0 Å². The van der Waals surface area contributed by atoms with Gasteiger partial charge in [0.05, 0.1) is 18.7 Å². The van der Waals surface area contributed by atoms with Crippen LogP contribution < -0.4 is 20.9 Å². The van der Waals surface area contributed by atoms with Crippen molar-refractivity contribution >= 4 is 41.2 Å². The number of carbonyl (C=O) groups is 5. The smallest absolute Gasteiger partial charge is 0.412 e. The number of benzene rings is 2. The standard InChI is InChI=1S/C30H38N4O7/c1-6-18(2)26(33-24(35)14-19-10-8-7-9-11-19)27(37)31-17-25(36)34-22-16-21(32-29(40)41-30(3,4)5)13-12-20(22)15-23(34)28(38)39/h7-13,16,18,23,26H,6,14-15,17H2,1-5H3,(H,31,37)(H,32,40)(H,33,35)(H,38,39)/t18-,23?,26-/m0/s1. The van der Waals surface area contributed by atoms with E-state index in [0.717, 1.165) is 10.5 Å². The molecular weight excluding hydrogens is 528 g/mol. The summed E-state index contributed by atoms with van der Waals surface area (Å²) in [6, 6.07) is 11.8. The molecule has 3 rings (SSSR count). The molecule has 4 N–H and O–H groups in total. The number of amides is 4. The van der Waals surface area contributed by atoms with E-state index >= 15 is 0 Å². The van der Waals surface area contributed by atoms with Crippen LogP contribution in [0.2, 0.25) is 0 Å². The van der Waals surface area contributed by atoms with Gasteiger partial charge in [-0.25, -0.2) is 9.59 Å². The first kappa shape index (κ1) is 31.1. The molecule has 3 atom stereocenters. The van der Waals surface area contributed by atoms with Gasteiger partial charge in [-0.3, -0.25) is 24.6 Å². The molecule has 0 aromatic heterocycles. The van der Waals surface area contributed by atoms with Gasteiger partial charge >= 0.3 is 12.1 Å². The van der Waals surface area contributed by atoms with Crippen LogP contribution in [0.25, 0.3) is 0 Å². The highest BCUT2D eigenvalue weighted by molar-refractivity contribution is 6.05. The van der Waals surface area contributed by atoms with Crippen LogP contribution in [0.3, 0.4) is 0 Å². The van der Waals surface area contributed by atoms with Crippen molar-refractivity contribution in [3.05, 3.63) is 59.7 Å². The van der Waals surface area contributed by atoms with Crippen molar-refractivity contribution in [1.29, 1.82) is 0 Å². The van der Waals surface area contributed by atoms with Gasteiger partial charge in [-0.15, -0.1) is 0 Å². The van der Waals surface area contributed by atoms with Crippen LogP contribution in [-0.2, 0) is 36.8 Å². The molecule has 2 aromatic carbocycles. The van der Waals surface area contributed by atoms with Crippen LogP contribution in [-0.4, -0.2) is 59.1 Å². The van der Waals surface area contributed by atoms with Gasteiger partial charge in [0.1, 0.15) is 17.7 Å². The number of carboxylic acids is 1. The molecule has 41 heavy (non-hydrogen) atoms. The number of carboxylic acid groups (broad SMARTS) is 1. The van der Waals surface area contributed by atoms with Crippen molar-refractivity contribution in [2.75, 3.05) is 16.8 Å². The summed E-state index contributed by atoms with van der Waals surface area (Å²) in [7, 11) is 0. The average Bonchev–Trinajstić information content (AvgIpc) is 3.28. The maximum absolute atomic E-state index is 13.3. The molecule has 2 aromatic rings. The third-order valence-electron chi connectivity index (χ3n) is 6.70. The topological polar surface area (TPSA) is 154 Å². The molecule has 0 spiro atoms. The first-order valence-corrected chi connectivity index (χ1v) is 13.6. The van der Waals surface area contributed by atoms with Crippen LogP contribution in [0.1, 0.15) is 52.2 Å². The van der Waals surface area contributed by atoms with E-state index < -0.39 is 48.1 Å². The normalized spacial score (nSPS) is 15.7. The van der Waals surface area contributed by atoms with E-state index in [9.17, 15) is 29.1 Å². The summed E-state index contributed by atoms with van der Waals surface area (Å²) in [4.78, 5) is 64.5. The summed E-state index contributed by atoms with van der Waals surface area (Å²) in [5, 5.41) is 17.8. The number of nitrogens with one attached hydrogen (secondary N) is 3. The predicted molar refractivity (Wildman–Crippen MR) is 153 cm³/mol. The minimum atomic E-state index is -1.20. The summed E-state index contributed by atoms with van der Waals surface area (Å²) in [6.07, 6.45) is 0.0823. The lowest BCUT2D eigenvalue weighted by Crippen LogP contribution is -2.53. The van der Waals surface area contributed by atoms with E-state index in [1.807, 2.05) is 44.2 Å². The number of ether oxygens (including phenoxy) is 1. The molecule has 1 unspecified atom stereocenters. The van der Waals surface area contributed by atoms with Crippen LogP contribution in [0.4, 0.5) is 16.2 Å². The third-order valence-corrected chi connectivity index (χ3v) is 6.70. The van der Waals surface area contributed by atoms with Gasteiger partial charge < -0.3 is 20.5 Å². The summed E-state index contributed by atoms with van der Waals surface area (Å²) >= 11 is 0. The fourth-order valence-electron chi connectivity index (χ4n) is 4.50. The molecule has 0 radical (unpaired) electrons. The Morgan fingerprint density at radius 3 is 2.37 bits per heavy atom. The Bertz CT molecular complexity index is 1290. The van der Waals surface area contributed by atoms with Gasteiger partial charge in [0.15, 0.2) is 0 Å². The van der Waals surface area contributed by atoms with E-state index in [1.54, 1.807) is 32.9 Å². The summed E-state index contributed by atoms with van der Waals surface area (Å²) in [6.45, 7) is 8.41. The SMILES string of the molecule is CC[C@H](C)[C@H](NC(=O)Cc1ccccc1)C(=O)NCC(=O)N1c2cc(NC(=O)OC(C)(C)C)ccc2CC1C(=O)O. The van der Waals surface area contributed by atoms with Crippen molar-refractivity contribution in [2.24, 2.45) is 5.92 Å². The van der Waals surface area contributed by atoms with Crippen molar-refractivity contribution in [1.82, 2.24) is 10.6 Å². The molecule has 0 saturated heterocycles. The third kappa shape index (κ3) is 8.54. The second-order valence-corrected chi connectivity index (χ2v) is 11.1. The predicted octanol–water partition coefficient (Wildman–Crippen LogP) is 3.27. The van der Waals surface area contributed by atoms with Crippen molar-refractivity contribution < 1.29 is 33.8 Å². The van der Waals surface area contributed by atoms with E-state index in [1.165, 1.54) is 6.07 Å². The highest BCUT2D eigenvalue weighted by atomic mass is 16.6. The molecule has 1 aliphatic heterocycles. The minimum Gasteiger partial charge on any atom is -0.480 e. The van der Waals surface area contributed by atoms with Crippen LogP contribution in [0.15, 0.2) is 48.5 Å². The molecule has 0 aliphatic carbocycles. The Balaban J connectivity index is 1.72. The number of rotatable bonds is 10. The summed E-state index contributed by atoms with van der Waals surface area (Å²) < 4.78 is 5.27. The minimum absolute atomic E-state index is 0.0715. The monoisotopic (exact) mass is 566 g/mol. The zero-order valence-corrected chi connectivity index (χ0v) is 24.0. The average molecular weight is 567 g/mol. The van der Waals surface area contributed by atoms with Crippen molar-refractivity contribution in [3.8, 4) is 0 Å². The molecule has 0 fully saturated rings. The fraction of sp³-hybridized carbons (Fsp3) is 0.433. The number of hydrogen-bond acceptors (Lipinski definition) is 6. The van der Waals surface area contributed by atoms with E-state index in [2.05, 4.69) is 16.0 Å². The zero-order chi connectivity index (χ0) is 30.3. The van der Waals surface area contributed by atoms with Crippen LogP contribution in [0, 0.1) is 5.92 Å². The fourth-order valence-corrected chi connectivity index (χ4v) is 4.50. The van der Waals surface area contributed by atoms with Gasteiger partial charge in [0.2, 0.25) is 17.7 Å². The molecule has 11 nitrogen and oxygen atoms in total. The number of aliphatic carboxylic acids is 1. The van der Waals surface area contributed by atoms with Gasteiger partial charge in [0, 0.05) is 12.1 Å². The molecular formula is C30H38N4O7. The molecule has 1 heterocycles. The highest BCUT2D eigenvalue weighted by Crippen LogP contribution is 2.35. The highest BCUT2D eigenvalue weighted by Gasteiger charge is 2.39. The van der Waals surface area contributed by atoms with Crippen LogP contribution >= 0.6 is 0 Å². The number of nitrogens with zero attached hydrogens (tertiary/aromatic N) is 1. The lowest BCUT2D eigenvalue weighted by atomic mass is 9.98. The largest absolute Gasteiger partial charge is 0.480 e. The number of carbonyl (C=O) groups excluding carboxylic acids is 4. The van der Waals surface area contributed by atoms with Gasteiger partial charge in [-0.2, -0.15) is 0 Å². The number of fused-ring (bicyclic) bond motifs is 1.